The zero-order valence-corrected chi connectivity index (χ0v) is 17.9. The smallest absolute Gasteiger partial charge is 0.258 e. The second kappa shape index (κ2) is 8.38. The van der Waals surface area contributed by atoms with E-state index in [0.717, 1.165) is 17.4 Å². The molecule has 3 saturated carbocycles. The highest BCUT2D eigenvalue weighted by atomic mass is 35.5. The molecule has 2 amide bonds. The summed E-state index contributed by atoms with van der Waals surface area (Å²) >= 11 is 5.63. The summed E-state index contributed by atoms with van der Waals surface area (Å²) in [5.41, 5.74) is 0.184. The van der Waals surface area contributed by atoms with Crippen LogP contribution in [0.3, 0.4) is 0 Å². The molecule has 0 spiro atoms. The minimum Gasteiger partial charge on any atom is -0.494 e. The lowest BCUT2D eigenvalue weighted by atomic mass is 9.39. The molecule has 5 rings (SSSR count). The maximum atomic E-state index is 13.4. The molecule has 6 nitrogen and oxygen atoms in total. The van der Waals surface area contributed by atoms with Crippen molar-refractivity contribution in [3.05, 3.63) is 58.9 Å². The molecule has 3 aliphatic carbocycles. The molecule has 2 aromatic carbocycles. The highest BCUT2D eigenvalue weighted by Crippen LogP contribution is 2.67. The third-order valence-electron chi connectivity index (χ3n) is 5.89. The standard InChI is InChI=1S/C23H24ClFN2O4/c1-2-30-19-6-4-3-5-15(19)10-26-21(29)22-12-23(13-22,14-22)27-20(28)11-31-16-7-8-17(24)18(25)9-16/h3-9H,2,10-14H2,1H3,(H,26,29)(H,27,28). The highest BCUT2D eigenvalue weighted by molar-refractivity contribution is 6.30. The summed E-state index contributed by atoms with van der Waals surface area (Å²) < 4.78 is 24.4. The summed E-state index contributed by atoms with van der Waals surface area (Å²) in [7, 11) is 0. The Kier molecular flexibility index (Phi) is 5.79. The maximum Gasteiger partial charge on any atom is 0.258 e. The summed E-state index contributed by atoms with van der Waals surface area (Å²) in [6.45, 7) is 2.66. The van der Waals surface area contributed by atoms with Gasteiger partial charge in [-0.3, -0.25) is 9.59 Å². The van der Waals surface area contributed by atoms with Gasteiger partial charge in [-0.1, -0.05) is 29.8 Å². The average Bonchev–Trinajstić information content (AvgIpc) is 2.70. The van der Waals surface area contributed by atoms with Crippen molar-refractivity contribution in [1.82, 2.24) is 10.6 Å². The summed E-state index contributed by atoms with van der Waals surface area (Å²) in [5.74, 6) is 0.110. The zero-order chi connectivity index (χ0) is 22.1. The van der Waals surface area contributed by atoms with Crippen molar-refractivity contribution in [1.29, 1.82) is 0 Å². The minimum absolute atomic E-state index is 0.00261. The summed E-state index contributed by atoms with van der Waals surface area (Å²) in [4.78, 5) is 24.9. The molecule has 31 heavy (non-hydrogen) atoms. The van der Waals surface area contributed by atoms with Gasteiger partial charge in [-0.25, -0.2) is 4.39 Å². The van der Waals surface area contributed by atoms with E-state index >= 15 is 0 Å². The maximum absolute atomic E-state index is 13.4. The Bertz CT molecular complexity index is 993. The van der Waals surface area contributed by atoms with Gasteiger partial charge in [0.1, 0.15) is 17.3 Å². The topological polar surface area (TPSA) is 76.7 Å². The van der Waals surface area contributed by atoms with Gasteiger partial charge in [0.15, 0.2) is 6.61 Å². The molecule has 0 aliphatic heterocycles. The molecule has 0 radical (unpaired) electrons. The van der Waals surface area contributed by atoms with Crippen LogP contribution in [0, 0.1) is 11.2 Å². The zero-order valence-electron chi connectivity index (χ0n) is 17.2. The number of amides is 2. The molecular weight excluding hydrogens is 423 g/mol. The van der Waals surface area contributed by atoms with E-state index < -0.39 is 11.2 Å². The van der Waals surface area contributed by atoms with E-state index in [2.05, 4.69) is 10.6 Å². The first kappa shape index (κ1) is 21.4. The van der Waals surface area contributed by atoms with E-state index in [1.54, 1.807) is 0 Å². The van der Waals surface area contributed by atoms with Gasteiger partial charge in [0.25, 0.3) is 5.91 Å². The van der Waals surface area contributed by atoms with E-state index in [0.29, 0.717) is 32.4 Å². The quantitative estimate of drug-likeness (QED) is 0.617. The number of carbonyl (C=O) groups excluding carboxylic acids is 2. The van der Waals surface area contributed by atoms with Crippen molar-refractivity contribution in [2.75, 3.05) is 13.2 Å². The van der Waals surface area contributed by atoms with Gasteiger partial charge in [0, 0.05) is 23.7 Å². The first-order valence-electron chi connectivity index (χ1n) is 10.2. The number of hydrogen-bond acceptors (Lipinski definition) is 4. The van der Waals surface area contributed by atoms with Crippen LogP contribution in [0.25, 0.3) is 0 Å². The van der Waals surface area contributed by atoms with E-state index in [9.17, 15) is 14.0 Å². The molecule has 8 heteroatoms. The average molecular weight is 447 g/mol. The van der Waals surface area contributed by atoms with Crippen LogP contribution in [-0.4, -0.2) is 30.6 Å². The predicted octanol–water partition coefficient (Wildman–Crippen LogP) is 3.61. The van der Waals surface area contributed by atoms with Crippen LogP contribution < -0.4 is 20.1 Å². The molecular formula is C23H24ClFN2O4. The Hall–Kier alpha value is -2.80. The molecule has 164 valence electrons. The molecule has 0 heterocycles. The number of halogens is 2. The Morgan fingerprint density at radius 2 is 1.87 bits per heavy atom. The second-order valence-corrected chi connectivity index (χ2v) is 8.63. The molecule has 0 saturated heterocycles. The number of hydrogen-bond donors (Lipinski definition) is 2. The Balaban J connectivity index is 1.22. The first-order valence-corrected chi connectivity index (χ1v) is 10.6. The Morgan fingerprint density at radius 3 is 2.58 bits per heavy atom. The minimum atomic E-state index is -0.601. The fourth-order valence-electron chi connectivity index (χ4n) is 4.52. The normalized spacial score (nSPS) is 23.2. The molecule has 3 aliphatic rings. The molecule has 2 N–H and O–H groups in total. The van der Waals surface area contributed by atoms with Crippen molar-refractivity contribution in [3.63, 3.8) is 0 Å². The van der Waals surface area contributed by atoms with Crippen LogP contribution in [0.15, 0.2) is 42.5 Å². The van der Waals surface area contributed by atoms with Gasteiger partial charge < -0.3 is 20.1 Å². The largest absolute Gasteiger partial charge is 0.494 e. The number of ether oxygens (including phenoxy) is 2. The van der Waals surface area contributed by atoms with Crippen LogP contribution in [0.1, 0.15) is 31.7 Å². The summed E-state index contributed by atoms with van der Waals surface area (Å²) in [6.07, 6.45) is 1.83. The predicted molar refractivity (Wildman–Crippen MR) is 114 cm³/mol. The lowest BCUT2D eigenvalue weighted by molar-refractivity contribution is -0.184. The van der Waals surface area contributed by atoms with Gasteiger partial charge in [-0.05, 0) is 44.4 Å². The van der Waals surface area contributed by atoms with E-state index in [1.807, 2.05) is 31.2 Å². The number of rotatable bonds is 9. The fraction of sp³-hybridized carbons (Fsp3) is 0.391. The number of benzene rings is 2. The SMILES string of the molecule is CCOc1ccccc1CNC(=O)C12CC(NC(=O)COc3ccc(Cl)c(F)c3)(C1)C2. The van der Waals surface area contributed by atoms with Crippen molar-refractivity contribution >= 4 is 23.4 Å². The van der Waals surface area contributed by atoms with Crippen LogP contribution >= 0.6 is 11.6 Å². The number of carbonyl (C=O) groups is 2. The van der Waals surface area contributed by atoms with Crippen molar-refractivity contribution in [3.8, 4) is 11.5 Å². The molecule has 0 unspecified atom stereocenters. The van der Waals surface area contributed by atoms with Gasteiger partial charge in [-0.2, -0.15) is 0 Å². The van der Waals surface area contributed by atoms with Crippen molar-refractivity contribution in [2.24, 2.45) is 5.41 Å². The van der Waals surface area contributed by atoms with E-state index in [4.69, 9.17) is 21.1 Å². The van der Waals surface area contributed by atoms with Crippen LogP contribution in [0.2, 0.25) is 5.02 Å². The van der Waals surface area contributed by atoms with Crippen LogP contribution in [0.4, 0.5) is 4.39 Å². The highest BCUT2D eigenvalue weighted by Gasteiger charge is 2.72. The third kappa shape index (κ3) is 4.32. The van der Waals surface area contributed by atoms with Crippen LogP contribution in [-0.2, 0) is 16.1 Å². The monoisotopic (exact) mass is 446 g/mol. The third-order valence-corrected chi connectivity index (χ3v) is 6.20. The van der Waals surface area contributed by atoms with Gasteiger partial charge >= 0.3 is 0 Å². The summed E-state index contributed by atoms with van der Waals surface area (Å²) in [6, 6.07) is 11.6. The second-order valence-electron chi connectivity index (χ2n) is 8.23. The first-order chi connectivity index (χ1) is 14.8. The molecule has 2 aromatic rings. The lowest BCUT2D eigenvalue weighted by Gasteiger charge is -2.69. The van der Waals surface area contributed by atoms with Crippen molar-refractivity contribution < 1.29 is 23.5 Å². The van der Waals surface area contributed by atoms with Gasteiger partial charge in [0.2, 0.25) is 5.91 Å². The summed E-state index contributed by atoms with van der Waals surface area (Å²) in [5, 5.41) is 5.95. The molecule has 0 aromatic heterocycles. The molecule has 2 bridgehead atoms. The van der Waals surface area contributed by atoms with Gasteiger partial charge in [0.05, 0.1) is 17.0 Å². The Morgan fingerprint density at radius 1 is 1.13 bits per heavy atom. The Labute approximate surface area is 185 Å². The number of para-hydroxylation sites is 1. The molecule has 3 fully saturated rings. The van der Waals surface area contributed by atoms with Crippen LogP contribution in [0.5, 0.6) is 11.5 Å². The van der Waals surface area contributed by atoms with Gasteiger partial charge in [-0.15, -0.1) is 0 Å². The van der Waals surface area contributed by atoms with E-state index in [-0.39, 0.29) is 34.7 Å². The van der Waals surface area contributed by atoms with E-state index in [1.165, 1.54) is 12.1 Å². The number of nitrogens with one attached hydrogen (secondary N) is 2. The fourth-order valence-corrected chi connectivity index (χ4v) is 4.64. The molecule has 0 atom stereocenters. The van der Waals surface area contributed by atoms with Crippen molar-refractivity contribution in [2.45, 2.75) is 38.3 Å². The lowest BCUT2D eigenvalue weighted by Crippen LogP contribution is -2.78.